The van der Waals surface area contributed by atoms with Crippen molar-refractivity contribution in [1.29, 1.82) is 0 Å². The number of aromatic carboxylic acids is 1. The van der Waals surface area contributed by atoms with Crippen LogP contribution in [-0.2, 0) is 0 Å². The molecule has 16 heavy (non-hydrogen) atoms. The number of nitrogens with zero attached hydrogens (tertiary/aromatic N) is 1. The Kier molecular flexibility index (Phi) is 2.91. The van der Waals surface area contributed by atoms with Crippen molar-refractivity contribution >= 4 is 17.3 Å². The van der Waals surface area contributed by atoms with Crippen LogP contribution in [0.15, 0.2) is 21.9 Å². The maximum atomic E-state index is 10.9. The van der Waals surface area contributed by atoms with Crippen LogP contribution in [0.5, 0.6) is 5.95 Å². The second-order valence-electron chi connectivity index (χ2n) is 2.87. The average Bonchev–Trinajstić information content (AvgIpc) is 2.83. The smallest absolute Gasteiger partial charge is 0.362 e. The molecule has 0 aromatic carbocycles. The van der Waals surface area contributed by atoms with Gasteiger partial charge in [0, 0.05) is 0 Å². The molecule has 2 heterocycles. The van der Waals surface area contributed by atoms with Crippen molar-refractivity contribution < 1.29 is 19.1 Å². The SMILES string of the molecule is CCOc1oc(-c2cccs2)nc1C(=O)O. The minimum absolute atomic E-state index is 0.0431. The van der Waals surface area contributed by atoms with Crippen LogP contribution in [0.25, 0.3) is 10.8 Å². The van der Waals surface area contributed by atoms with Gasteiger partial charge in [-0.3, -0.25) is 0 Å². The van der Waals surface area contributed by atoms with Crippen molar-refractivity contribution in [1.82, 2.24) is 4.98 Å². The summed E-state index contributed by atoms with van der Waals surface area (Å²) in [6.45, 7) is 2.08. The number of thiophene rings is 1. The first-order valence-corrected chi connectivity index (χ1v) is 5.51. The van der Waals surface area contributed by atoms with E-state index < -0.39 is 5.97 Å². The summed E-state index contributed by atoms with van der Waals surface area (Å²) in [7, 11) is 0. The molecular formula is C10H9NO4S. The lowest BCUT2D eigenvalue weighted by Gasteiger charge is -1.96. The fourth-order valence-corrected chi connectivity index (χ4v) is 1.82. The van der Waals surface area contributed by atoms with E-state index in [1.54, 1.807) is 13.0 Å². The van der Waals surface area contributed by atoms with Gasteiger partial charge in [-0.25, -0.2) is 4.79 Å². The summed E-state index contributed by atoms with van der Waals surface area (Å²) in [6.07, 6.45) is 0. The van der Waals surface area contributed by atoms with E-state index >= 15 is 0 Å². The van der Waals surface area contributed by atoms with E-state index in [0.717, 1.165) is 4.88 Å². The Bertz CT molecular complexity index is 489. The van der Waals surface area contributed by atoms with E-state index in [9.17, 15) is 4.79 Å². The third kappa shape index (κ3) is 1.92. The van der Waals surface area contributed by atoms with Gasteiger partial charge >= 0.3 is 11.9 Å². The second-order valence-corrected chi connectivity index (χ2v) is 3.82. The van der Waals surface area contributed by atoms with Crippen molar-refractivity contribution in [3.8, 4) is 16.7 Å². The molecule has 5 nitrogen and oxygen atoms in total. The van der Waals surface area contributed by atoms with E-state index in [1.807, 2.05) is 11.4 Å². The van der Waals surface area contributed by atoms with E-state index in [1.165, 1.54) is 11.3 Å². The van der Waals surface area contributed by atoms with E-state index in [4.69, 9.17) is 14.3 Å². The molecule has 2 aromatic rings. The monoisotopic (exact) mass is 239 g/mol. The number of carbonyl (C=O) groups is 1. The van der Waals surface area contributed by atoms with Gasteiger partial charge in [0.2, 0.25) is 11.6 Å². The molecule has 0 aliphatic heterocycles. The molecule has 0 bridgehead atoms. The van der Waals surface area contributed by atoms with Crippen LogP contribution in [0.4, 0.5) is 0 Å². The summed E-state index contributed by atoms with van der Waals surface area (Å²) in [6, 6.07) is 3.64. The van der Waals surface area contributed by atoms with Gasteiger partial charge in [-0.05, 0) is 18.4 Å². The van der Waals surface area contributed by atoms with Crippen LogP contribution in [0, 0.1) is 0 Å². The van der Waals surface area contributed by atoms with Crippen molar-refractivity contribution in [2.75, 3.05) is 6.61 Å². The lowest BCUT2D eigenvalue weighted by molar-refractivity contribution is 0.0683. The summed E-state index contributed by atoms with van der Waals surface area (Å²) >= 11 is 1.42. The maximum Gasteiger partial charge on any atom is 0.362 e. The number of hydrogen-bond donors (Lipinski definition) is 1. The molecular weight excluding hydrogens is 230 g/mol. The van der Waals surface area contributed by atoms with Crippen LogP contribution in [0.1, 0.15) is 17.4 Å². The Balaban J connectivity index is 2.42. The summed E-state index contributed by atoms with van der Waals surface area (Å²) in [5.74, 6) is -0.927. The van der Waals surface area contributed by atoms with Crippen LogP contribution in [0.3, 0.4) is 0 Å². The number of carboxylic acid groups (broad SMARTS) is 1. The quantitative estimate of drug-likeness (QED) is 0.887. The third-order valence-electron chi connectivity index (χ3n) is 1.81. The molecule has 2 aromatic heterocycles. The second kappa shape index (κ2) is 4.36. The number of hydrogen-bond acceptors (Lipinski definition) is 5. The number of aromatic nitrogens is 1. The molecule has 0 atom stereocenters. The Hall–Kier alpha value is -1.82. The Morgan fingerprint density at radius 2 is 2.50 bits per heavy atom. The topological polar surface area (TPSA) is 72.6 Å². The molecule has 0 saturated carbocycles. The highest BCUT2D eigenvalue weighted by Gasteiger charge is 2.21. The number of carboxylic acids is 1. The lowest BCUT2D eigenvalue weighted by Crippen LogP contribution is -2.01. The molecule has 0 aliphatic carbocycles. The Morgan fingerprint density at radius 3 is 3.06 bits per heavy atom. The Labute approximate surface area is 95.3 Å². The minimum atomic E-state index is -1.16. The molecule has 2 rings (SSSR count). The van der Waals surface area contributed by atoms with Gasteiger partial charge < -0.3 is 14.3 Å². The van der Waals surface area contributed by atoms with Crippen LogP contribution in [-0.4, -0.2) is 22.7 Å². The predicted molar refractivity (Wildman–Crippen MR) is 57.9 cm³/mol. The molecule has 0 radical (unpaired) electrons. The number of rotatable bonds is 4. The third-order valence-corrected chi connectivity index (χ3v) is 2.66. The molecule has 84 valence electrons. The van der Waals surface area contributed by atoms with Crippen LogP contribution in [0.2, 0.25) is 0 Å². The van der Waals surface area contributed by atoms with Crippen LogP contribution >= 0.6 is 11.3 Å². The zero-order valence-electron chi connectivity index (χ0n) is 8.47. The molecule has 0 spiro atoms. The largest absolute Gasteiger partial charge is 0.476 e. The standard InChI is InChI=1S/C10H9NO4S/c1-2-14-10-7(9(12)13)11-8(15-10)6-4-3-5-16-6/h3-5H,2H2,1H3,(H,12,13). The van der Waals surface area contributed by atoms with E-state index in [-0.39, 0.29) is 17.5 Å². The van der Waals surface area contributed by atoms with Gasteiger partial charge in [0.15, 0.2) is 0 Å². The highest BCUT2D eigenvalue weighted by molar-refractivity contribution is 7.13. The zero-order chi connectivity index (χ0) is 11.5. The Morgan fingerprint density at radius 1 is 1.69 bits per heavy atom. The first-order chi connectivity index (χ1) is 7.72. The van der Waals surface area contributed by atoms with Gasteiger partial charge in [0.05, 0.1) is 11.5 Å². The van der Waals surface area contributed by atoms with E-state index in [0.29, 0.717) is 6.61 Å². The molecule has 1 N–H and O–H groups in total. The van der Waals surface area contributed by atoms with Gasteiger partial charge in [0.1, 0.15) is 0 Å². The highest BCUT2D eigenvalue weighted by Crippen LogP contribution is 2.30. The fourth-order valence-electron chi connectivity index (χ4n) is 1.18. The zero-order valence-corrected chi connectivity index (χ0v) is 9.28. The number of ether oxygens (including phenoxy) is 1. The van der Waals surface area contributed by atoms with Crippen molar-refractivity contribution in [2.24, 2.45) is 0 Å². The summed E-state index contributed by atoms with van der Waals surface area (Å²) < 4.78 is 10.3. The normalized spacial score (nSPS) is 10.3. The molecule has 0 amide bonds. The molecule has 0 unspecified atom stereocenters. The molecule has 6 heteroatoms. The highest BCUT2D eigenvalue weighted by atomic mass is 32.1. The molecule has 0 fully saturated rings. The summed E-state index contributed by atoms with van der Waals surface area (Å²) in [5.41, 5.74) is -0.190. The van der Waals surface area contributed by atoms with E-state index in [2.05, 4.69) is 4.98 Å². The summed E-state index contributed by atoms with van der Waals surface area (Å²) in [5, 5.41) is 10.8. The average molecular weight is 239 g/mol. The van der Waals surface area contributed by atoms with Gasteiger partial charge in [-0.1, -0.05) is 6.07 Å². The summed E-state index contributed by atoms with van der Waals surface area (Å²) in [4.78, 5) is 15.5. The first kappa shape index (κ1) is 10.7. The van der Waals surface area contributed by atoms with Crippen LogP contribution < -0.4 is 4.74 Å². The van der Waals surface area contributed by atoms with Crippen molar-refractivity contribution in [3.63, 3.8) is 0 Å². The first-order valence-electron chi connectivity index (χ1n) is 4.63. The van der Waals surface area contributed by atoms with Crippen molar-refractivity contribution in [2.45, 2.75) is 6.92 Å². The lowest BCUT2D eigenvalue weighted by atomic mass is 10.4. The molecule has 0 aliphatic rings. The fraction of sp³-hybridized carbons (Fsp3) is 0.200. The van der Waals surface area contributed by atoms with Gasteiger partial charge in [0.25, 0.3) is 0 Å². The van der Waals surface area contributed by atoms with Gasteiger partial charge in [-0.15, -0.1) is 11.3 Å². The number of oxazole rings is 1. The minimum Gasteiger partial charge on any atom is -0.476 e. The maximum absolute atomic E-state index is 10.9. The predicted octanol–water partition coefficient (Wildman–Crippen LogP) is 2.50. The van der Waals surface area contributed by atoms with Crippen molar-refractivity contribution in [3.05, 3.63) is 23.2 Å². The molecule has 0 saturated heterocycles. The van der Waals surface area contributed by atoms with Gasteiger partial charge in [-0.2, -0.15) is 4.98 Å².